The zero-order chi connectivity index (χ0) is 55.4. The smallest absolute Gasteiger partial charge is 0.336 e. The maximum atomic E-state index is 12.1. The van der Waals surface area contributed by atoms with Gasteiger partial charge in [0.25, 0.3) is 0 Å². The molecule has 444 valence electrons. The van der Waals surface area contributed by atoms with Gasteiger partial charge in [-0.3, -0.25) is 14.4 Å². The van der Waals surface area contributed by atoms with Crippen molar-refractivity contribution in [3.63, 3.8) is 0 Å². The number of carbonyl (C=O) groups is 6. The average Bonchev–Trinajstić information content (AvgIpc) is 4.00. The molecule has 0 bridgehead atoms. The normalized spacial score (nSPS) is 11.1. The van der Waals surface area contributed by atoms with Crippen molar-refractivity contribution in [2.45, 2.75) is 105 Å². The Hall–Kier alpha value is -9.36. The third-order valence-corrected chi connectivity index (χ3v) is 11.4. The molecule has 0 aliphatic heterocycles. The van der Waals surface area contributed by atoms with Crippen molar-refractivity contribution >= 4 is 54.0 Å². The fourth-order valence-corrected chi connectivity index (χ4v) is 6.17. The summed E-state index contributed by atoms with van der Waals surface area (Å²) in [4.78, 5) is 70.7. The van der Waals surface area contributed by atoms with Crippen molar-refractivity contribution in [2.75, 3.05) is 0 Å². The molecule has 13 heteroatoms. The first-order valence-electron chi connectivity index (χ1n) is 25.1. The second-order valence-corrected chi connectivity index (χ2v) is 17.3. The molecule has 6 aromatic carbocycles. The highest BCUT2D eigenvalue weighted by Crippen LogP contribution is 2.24. The molecule has 0 aliphatic rings. The van der Waals surface area contributed by atoms with Crippen LogP contribution in [0.2, 0.25) is 0 Å². The van der Waals surface area contributed by atoms with Gasteiger partial charge >= 0.3 is 35.8 Å². The molecule has 83 heavy (non-hydrogen) atoms. The lowest BCUT2D eigenvalue weighted by Gasteiger charge is -2.09. The molecule has 0 N–H and O–H groups in total. The van der Waals surface area contributed by atoms with Gasteiger partial charge in [0.05, 0.1) is 24.0 Å². The van der Waals surface area contributed by atoms with E-state index in [1.165, 1.54) is 30.6 Å². The van der Waals surface area contributed by atoms with E-state index in [0.717, 1.165) is 41.5 Å². The summed E-state index contributed by atoms with van der Waals surface area (Å²) in [7, 11) is 0. The largest absolute Gasteiger partial charge is 0.465 e. The topological polar surface area (TPSA) is 171 Å². The number of ether oxygens (including phenoxy) is 6. The van der Waals surface area contributed by atoms with Crippen LogP contribution in [0.3, 0.4) is 0 Å². The molecule has 0 fully saturated rings. The van der Waals surface area contributed by atoms with Crippen LogP contribution in [0.15, 0.2) is 199 Å². The molecular formula is C70H86O13. The van der Waals surface area contributed by atoms with E-state index in [1.54, 1.807) is 97.1 Å². The summed E-state index contributed by atoms with van der Waals surface area (Å²) < 4.78 is 36.4. The van der Waals surface area contributed by atoms with Crippen molar-refractivity contribution in [1.82, 2.24) is 0 Å². The number of hydrogen-bond donors (Lipinski definition) is 0. The molecule has 1 aromatic heterocycles. The quantitative estimate of drug-likeness (QED) is 0.0426. The Morgan fingerprint density at radius 1 is 0.349 bits per heavy atom. The molecule has 0 saturated heterocycles. The van der Waals surface area contributed by atoms with Gasteiger partial charge in [0, 0.05) is 18.2 Å². The Kier molecular flexibility index (Phi) is 37.2. The van der Waals surface area contributed by atoms with Gasteiger partial charge in [0.1, 0.15) is 40.3 Å². The second-order valence-electron chi connectivity index (χ2n) is 17.3. The van der Waals surface area contributed by atoms with Crippen LogP contribution in [0.4, 0.5) is 0 Å². The van der Waals surface area contributed by atoms with Crippen LogP contribution < -0.4 is 28.4 Å². The first-order valence-corrected chi connectivity index (χ1v) is 25.1. The first kappa shape index (κ1) is 75.7. The van der Waals surface area contributed by atoms with Crippen LogP contribution in [-0.2, 0) is 28.8 Å². The molecule has 7 aromatic rings. The Morgan fingerprint density at radius 3 is 0.952 bits per heavy atom. The summed E-state index contributed by atoms with van der Waals surface area (Å²) in [5.74, 6) is 0.218. The average molecular weight is 1140 g/mol. The molecule has 0 spiro atoms. The first-order chi connectivity index (χ1) is 37.2. The Labute approximate surface area is 493 Å². The van der Waals surface area contributed by atoms with E-state index in [0.29, 0.717) is 40.3 Å². The van der Waals surface area contributed by atoms with Crippen molar-refractivity contribution in [3.8, 4) is 45.6 Å². The predicted octanol–water partition coefficient (Wildman–Crippen LogP) is 17.8. The second kappa shape index (κ2) is 40.8. The maximum Gasteiger partial charge on any atom is 0.336 e. The molecule has 13 nitrogen and oxygen atoms in total. The van der Waals surface area contributed by atoms with Gasteiger partial charge in [0.15, 0.2) is 0 Å². The lowest BCUT2D eigenvalue weighted by molar-refractivity contribution is -0.139. The number of furan rings is 1. The fraction of sp³-hybridized carbons (Fsp3) is 0.257. The zero-order valence-corrected chi connectivity index (χ0v) is 43.9. The van der Waals surface area contributed by atoms with E-state index in [2.05, 4.69) is 12.1 Å². The number of rotatable bonds is 19. The molecular weight excluding hydrogens is 1050 g/mol. The minimum absolute atomic E-state index is 0. The maximum absolute atomic E-state index is 12.1. The zero-order valence-electron chi connectivity index (χ0n) is 43.9. The van der Waals surface area contributed by atoms with Crippen LogP contribution in [0.5, 0.6) is 34.5 Å². The lowest BCUT2D eigenvalue weighted by atomic mass is 10.0. The molecule has 1 heterocycles. The van der Waals surface area contributed by atoms with Crippen molar-refractivity contribution < 1.29 is 61.6 Å². The Balaban J connectivity index is 0. The van der Waals surface area contributed by atoms with Gasteiger partial charge < -0.3 is 32.8 Å². The van der Waals surface area contributed by atoms with E-state index in [1.807, 2.05) is 114 Å². The highest BCUT2D eigenvalue weighted by molar-refractivity contribution is 5.90. The van der Waals surface area contributed by atoms with E-state index in [9.17, 15) is 28.8 Å². The summed E-state index contributed by atoms with van der Waals surface area (Å²) in [6.07, 6.45) is 12.6. The van der Waals surface area contributed by atoms with Crippen molar-refractivity contribution in [2.24, 2.45) is 17.8 Å². The summed E-state index contributed by atoms with van der Waals surface area (Å²) in [6, 6.07) is 50.0. The molecule has 0 saturated carbocycles. The molecule has 0 aliphatic carbocycles. The number of hydrogen-bond acceptors (Lipinski definition) is 13. The minimum atomic E-state index is -0.522. The highest BCUT2D eigenvalue weighted by atomic mass is 16.6. The third kappa shape index (κ3) is 27.6. The monoisotopic (exact) mass is 1130 g/mol. The lowest BCUT2D eigenvalue weighted by Crippen LogP contribution is -2.16. The molecule has 0 radical (unpaired) electrons. The van der Waals surface area contributed by atoms with Crippen molar-refractivity contribution in [1.29, 1.82) is 0 Å². The van der Waals surface area contributed by atoms with E-state index >= 15 is 0 Å². The number of carbonyl (C=O) groups excluding carboxylic acids is 6. The van der Waals surface area contributed by atoms with E-state index < -0.39 is 17.9 Å². The SMILES string of the molecule is C.C.C.C.C.C.CCC(C)C(=O)Oc1ccc(OC(=O)/C=C/c2ccc(-c3ccccc3)cc2)cc1.CCC(C)C(=O)Oc1ccc(OC(=O)/C=C/c2ccccc2)cc1.CCC(C)C(=O)Oc1ccc(OC(=O)/C=C/c2ccco2)cc1. The van der Waals surface area contributed by atoms with Crippen molar-refractivity contribution in [3.05, 3.63) is 211 Å². The Morgan fingerprint density at radius 2 is 0.639 bits per heavy atom. The standard InChI is InChI=1S/C26H24O4.C20H20O4.C18H18O5.6CH4/c1-3-19(2)26(28)30-24-16-14-23(15-17-24)29-25(27)18-11-20-9-12-22(13-10-20)21-7-5-4-6-8-21;1-3-15(2)20(22)24-18-12-10-17(11-13-18)23-19(21)14-9-16-7-5-4-6-8-16;1-3-13(2)18(20)23-16-8-6-15(7-9-16)22-17(19)11-10-14-5-4-12-21-14;;;;;;/h4-19H,3H2,1-2H3;4-15H,3H2,1-2H3;4-13H,3H2,1-2H3;6*1H4/b18-11+;14-9+;11-10+;;;;;;. The van der Waals surface area contributed by atoms with Crippen LogP contribution >= 0.6 is 0 Å². The van der Waals surface area contributed by atoms with Gasteiger partial charge in [-0.25, -0.2) is 14.4 Å². The van der Waals surface area contributed by atoms with Crippen LogP contribution in [0, 0.1) is 17.8 Å². The van der Waals surface area contributed by atoms with Gasteiger partial charge in [-0.1, -0.05) is 171 Å². The van der Waals surface area contributed by atoms with Gasteiger partial charge in [-0.2, -0.15) is 0 Å². The van der Waals surface area contributed by atoms with Gasteiger partial charge in [0.2, 0.25) is 0 Å². The number of esters is 6. The van der Waals surface area contributed by atoms with Gasteiger partial charge in [-0.05, 0) is 145 Å². The summed E-state index contributed by atoms with van der Waals surface area (Å²) in [6.45, 7) is 11.2. The summed E-state index contributed by atoms with van der Waals surface area (Å²) >= 11 is 0. The van der Waals surface area contributed by atoms with Crippen LogP contribution in [-0.4, -0.2) is 35.8 Å². The molecule has 0 amide bonds. The summed E-state index contributed by atoms with van der Waals surface area (Å²) in [5, 5.41) is 0. The minimum Gasteiger partial charge on any atom is -0.465 e. The molecule has 3 unspecified atom stereocenters. The third-order valence-electron chi connectivity index (χ3n) is 11.4. The van der Waals surface area contributed by atoms with E-state index in [-0.39, 0.29) is 80.2 Å². The van der Waals surface area contributed by atoms with E-state index in [4.69, 9.17) is 32.8 Å². The number of benzene rings is 6. The molecule has 3 atom stereocenters. The van der Waals surface area contributed by atoms with Gasteiger partial charge in [-0.15, -0.1) is 0 Å². The van der Waals surface area contributed by atoms with Crippen LogP contribution in [0.25, 0.3) is 29.4 Å². The Bertz CT molecular complexity index is 3030. The predicted molar refractivity (Wildman–Crippen MR) is 336 cm³/mol. The van der Waals surface area contributed by atoms with Crippen LogP contribution in [0.1, 0.15) is 122 Å². The molecule has 7 rings (SSSR count). The summed E-state index contributed by atoms with van der Waals surface area (Å²) in [5.41, 5.74) is 4.08. The fourth-order valence-electron chi connectivity index (χ4n) is 6.17. The highest BCUT2D eigenvalue weighted by Gasteiger charge is 2.16.